The summed E-state index contributed by atoms with van der Waals surface area (Å²) in [6.45, 7) is 5.43. The quantitative estimate of drug-likeness (QED) is 0.843. The van der Waals surface area contributed by atoms with E-state index in [0.717, 1.165) is 38.7 Å². The summed E-state index contributed by atoms with van der Waals surface area (Å²) in [5, 5.41) is 9.29. The molecule has 118 valence electrons. The molecule has 0 aromatic heterocycles. The van der Waals surface area contributed by atoms with Gasteiger partial charge in [0, 0.05) is 50.4 Å². The molecule has 0 amide bonds. The lowest BCUT2D eigenvalue weighted by atomic mass is 10.1. The summed E-state index contributed by atoms with van der Waals surface area (Å²) in [5.74, 6) is -2.88. The third kappa shape index (κ3) is 3.96. The van der Waals surface area contributed by atoms with Crippen molar-refractivity contribution in [2.45, 2.75) is 25.9 Å². The molecule has 2 rings (SSSR count). The van der Waals surface area contributed by atoms with Crippen molar-refractivity contribution in [2.75, 3.05) is 32.8 Å². The molecular weight excluding hydrogens is 281 g/mol. The van der Waals surface area contributed by atoms with Gasteiger partial charge in [-0.2, -0.15) is 0 Å². The van der Waals surface area contributed by atoms with Crippen LogP contribution < -0.4 is 0 Å². The highest BCUT2D eigenvalue weighted by molar-refractivity contribution is 5.20. The van der Waals surface area contributed by atoms with Crippen molar-refractivity contribution < 1.29 is 18.3 Å². The monoisotopic (exact) mass is 302 g/mol. The normalized spacial score (nSPS) is 18.9. The number of rotatable bonds is 5. The highest BCUT2D eigenvalue weighted by Crippen LogP contribution is 2.17. The fourth-order valence-electron chi connectivity index (χ4n) is 2.72. The van der Waals surface area contributed by atoms with Crippen molar-refractivity contribution in [1.29, 1.82) is 0 Å². The zero-order valence-corrected chi connectivity index (χ0v) is 12.2. The largest absolute Gasteiger partial charge is 0.395 e. The summed E-state index contributed by atoms with van der Waals surface area (Å²) in [4.78, 5) is 4.22. The topological polar surface area (TPSA) is 26.7 Å². The number of aliphatic hydroxyl groups excluding tert-OH is 1. The second-order valence-electron chi connectivity index (χ2n) is 5.41. The molecule has 1 atom stereocenters. The Hall–Kier alpha value is -1.11. The van der Waals surface area contributed by atoms with Gasteiger partial charge in [-0.25, -0.2) is 13.2 Å². The van der Waals surface area contributed by atoms with E-state index >= 15 is 0 Å². The lowest BCUT2D eigenvalue weighted by Gasteiger charge is -2.38. The third-order valence-corrected chi connectivity index (χ3v) is 4.09. The van der Waals surface area contributed by atoms with Crippen molar-refractivity contribution in [1.82, 2.24) is 9.80 Å². The van der Waals surface area contributed by atoms with E-state index in [0.29, 0.717) is 6.07 Å². The lowest BCUT2D eigenvalue weighted by Crippen LogP contribution is -2.50. The van der Waals surface area contributed by atoms with Crippen molar-refractivity contribution in [3.05, 3.63) is 35.1 Å². The van der Waals surface area contributed by atoms with E-state index in [-0.39, 0.29) is 24.8 Å². The van der Waals surface area contributed by atoms with Gasteiger partial charge in [0.2, 0.25) is 0 Å². The first-order valence-electron chi connectivity index (χ1n) is 7.25. The molecule has 0 aliphatic carbocycles. The summed E-state index contributed by atoms with van der Waals surface area (Å²) in [7, 11) is 0. The van der Waals surface area contributed by atoms with Gasteiger partial charge in [-0.05, 0) is 12.5 Å². The van der Waals surface area contributed by atoms with E-state index in [9.17, 15) is 18.3 Å². The smallest absolute Gasteiger partial charge is 0.161 e. The van der Waals surface area contributed by atoms with Crippen LogP contribution in [0.4, 0.5) is 13.2 Å². The molecule has 1 aromatic rings. The van der Waals surface area contributed by atoms with Crippen LogP contribution in [0.1, 0.15) is 18.9 Å². The standard InChI is InChI=1S/C15H21F3N2O/c1-2-12(10-21)20-5-3-19(4-6-20)9-11-7-14(17)15(18)8-13(11)16/h7-8,12,21H,2-6,9-10H2,1H3. The summed E-state index contributed by atoms with van der Waals surface area (Å²) >= 11 is 0. The minimum absolute atomic E-state index is 0.133. The molecule has 21 heavy (non-hydrogen) atoms. The molecule has 1 heterocycles. The molecule has 1 saturated heterocycles. The fraction of sp³-hybridized carbons (Fsp3) is 0.600. The molecular formula is C15H21F3N2O. The maximum absolute atomic E-state index is 13.6. The number of hydrogen-bond acceptors (Lipinski definition) is 3. The van der Waals surface area contributed by atoms with Crippen LogP contribution in [0.2, 0.25) is 0 Å². The van der Waals surface area contributed by atoms with Gasteiger partial charge in [-0.3, -0.25) is 9.80 Å². The van der Waals surface area contributed by atoms with Crippen LogP contribution in [0.25, 0.3) is 0 Å². The molecule has 0 spiro atoms. The fourth-order valence-corrected chi connectivity index (χ4v) is 2.72. The SMILES string of the molecule is CCC(CO)N1CCN(Cc2cc(F)c(F)cc2F)CC1. The van der Waals surface area contributed by atoms with Gasteiger partial charge in [0.1, 0.15) is 5.82 Å². The van der Waals surface area contributed by atoms with E-state index in [1.807, 2.05) is 11.8 Å². The minimum Gasteiger partial charge on any atom is -0.395 e. The second-order valence-corrected chi connectivity index (χ2v) is 5.41. The predicted molar refractivity (Wildman–Crippen MR) is 74.3 cm³/mol. The molecule has 0 radical (unpaired) electrons. The number of benzene rings is 1. The molecule has 1 aliphatic rings. The maximum Gasteiger partial charge on any atom is 0.161 e. The first kappa shape index (κ1) is 16.3. The molecule has 0 saturated carbocycles. The lowest BCUT2D eigenvalue weighted by molar-refractivity contribution is 0.0604. The first-order chi connectivity index (χ1) is 10.0. The third-order valence-electron chi connectivity index (χ3n) is 4.09. The summed E-state index contributed by atoms with van der Waals surface area (Å²) in [5.41, 5.74) is 0.177. The number of halogens is 3. The summed E-state index contributed by atoms with van der Waals surface area (Å²) in [6, 6.07) is 1.69. The molecule has 0 bridgehead atoms. The molecule has 1 aromatic carbocycles. The molecule has 1 N–H and O–H groups in total. The van der Waals surface area contributed by atoms with Gasteiger partial charge in [0.25, 0.3) is 0 Å². The van der Waals surface area contributed by atoms with E-state index in [4.69, 9.17) is 0 Å². The van der Waals surface area contributed by atoms with E-state index in [2.05, 4.69) is 4.90 Å². The Kier molecular flexibility index (Phi) is 5.61. The molecule has 6 heteroatoms. The zero-order chi connectivity index (χ0) is 15.4. The highest BCUT2D eigenvalue weighted by Gasteiger charge is 2.23. The van der Waals surface area contributed by atoms with Crippen molar-refractivity contribution in [3.8, 4) is 0 Å². The Morgan fingerprint density at radius 2 is 1.67 bits per heavy atom. The number of piperazine rings is 1. The van der Waals surface area contributed by atoms with E-state index in [1.54, 1.807) is 0 Å². The Morgan fingerprint density at radius 1 is 1.05 bits per heavy atom. The maximum atomic E-state index is 13.6. The van der Waals surface area contributed by atoms with Gasteiger partial charge in [-0.15, -0.1) is 0 Å². The van der Waals surface area contributed by atoms with E-state index < -0.39 is 17.5 Å². The molecule has 3 nitrogen and oxygen atoms in total. The van der Waals surface area contributed by atoms with Crippen LogP contribution in [0.15, 0.2) is 12.1 Å². The first-order valence-corrected chi connectivity index (χ1v) is 7.25. The van der Waals surface area contributed by atoms with Crippen LogP contribution in [0, 0.1) is 17.5 Å². The number of hydrogen-bond donors (Lipinski definition) is 1. The predicted octanol–water partition coefficient (Wildman–Crippen LogP) is 1.99. The molecule has 1 fully saturated rings. The van der Waals surface area contributed by atoms with Crippen LogP contribution in [-0.2, 0) is 6.54 Å². The Balaban J connectivity index is 1.93. The Bertz CT molecular complexity index is 472. The Labute approximate surface area is 123 Å². The number of aliphatic hydroxyl groups is 1. The second kappa shape index (κ2) is 7.24. The van der Waals surface area contributed by atoms with Gasteiger partial charge in [0.05, 0.1) is 6.61 Å². The molecule has 1 unspecified atom stereocenters. The van der Waals surface area contributed by atoms with Crippen LogP contribution in [0.3, 0.4) is 0 Å². The van der Waals surface area contributed by atoms with Crippen molar-refractivity contribution in [2.24, 2.45) is 0 Å². The average Bonchev–Trinajstić information content (AvgIpc) is 2.48. The van der Waals surface area contributed by atoms with Crippen LogP contribution in [0.5, 0.6) is 0 Å². The summed E-state index contributed by atoms with van der Waals surface area (Å²) < 4.78 is 39.7. The van der Waals surface area contributed by atoms with Crippen LogP contribution >= 0.6 is 0 Å². The van der Waals surface area contributed by atoms with Gasteiger partial charge in [0.15, 0.2) is 11.6 Å². The number of nitrogens with zero attached hydrogens (tertiary/aromatic N) is 2. The van der Waals surface area contributed by atoms with Crippen molar-refractivity contribution in [3.63, 3.8) is 0 Å². The van der Waals surface area contributed by atoms with Gasteiger partial charge >= 0.3 is 0 Å². The van der Waals surface area contributed by atoms with Crippen LogP contribution in [-0.4, -0.2) is 53.7 Å². The van der Waals surface area contributed by atoms with Crippen molar-refractivity contribution >= 4 is 0 Å². The molecule has 1 aliphatic heterocycles. The Morgan fingerprint density at radius 3 is 2.24 bits per heavy atom. The zero-order valence-electron chi connectivity index (χ0n) is 12.2. The highest BCUT2D eigenvalue weighted by atomic mass is 19.2. The minimum atomic E-state index is -1.16. The van der Waals surface area contributed by atoms with E-state index in [1.165, 1.54) is 0 Å². The van der Waals surface area contributed by atoms with Gasteiger partial charge in [-0.1, -0.05) is 6.92 Å². The summed E-state index contributed by atoms with van der Waals surface area (Å²) in [6.07, 6.45) is 0.883. The van der Waals surface area contributed by atoms with Gasteiger partial charge < -0.3 is 5.11 Å². The average molecular weight is 302 g/mol.